The molecule has 1 saturated heterocycles. The van der Waals surface area contributed by atoms with Gasteiger partial charge in [0.05, 0.1) is 25.9 Å². The molecule has 0 atom stereocenters. The fraction of sp³-hybridized carbons (Fsp3) is 0.333. The summed E-state index contributed by atoms with van der Waals surface area (Å²) in [6, 6.07) is 18.9. The van der Waals surface area contributed by atoms with Crippen LogP contribution < -0.4 is 4.74 Å². The number of hydrogen-bond acceptors (Lipinski definition) is 3. The first-order valence-electron chi connectivity index (χ1n) is 7.22. The Bertz CT molecular complexity index is 576. The van der Waals surface area contributed by atoms with Gasteiger partial charge >= 0.3 is 0 Å². The SMILES string of the molecule is COc1ccc(C2(N(C)Cc3ccccc3)COC2)cc1. The number of ether oxygens (including phenoxy) is 2. The minimum Gasteiger partial charge on any atom is -0.497 e. The average Bonchev–Trinajstić information content (AvgIpc) is 2.48. The normalized spacial score (nSPS) is 16.5. The molecular weight excluding hydrogens is 262 g/mol. The van der Waals surface area contributed by atoms with Crippen LogP contribution in [0.3, 0.4) is 0 Å². The lowest BCUT2D eigenvalue weighted by Crippen LogP contribution is -2.57. The first kappa shape index (κ1) is 14.1. The van der Waals surface area contributed by atoms with Crippen molar-refractivity contribution in [3.8, 4) is 5.75 Å². The summed E-state index contributed by atoms with van der Waals surface area (Å²) in [5.41, 5.74) is 2.58. The maximum absolute atomic E-state index is 5.54. The van der Waals surface area contributed by atoms with Crippen LogP contribution in [0.25, 0.3) is 0 Å². The van der Waals surface area contributed by atoms with E-state index in [-0.39, 0.29) is 5.54 Å². The predicted octanol–water partition coefficient (Wildman–Crippen LogP) is 3.05. The molecule has 0 saturated carbocycles. The van der Waals surface area contributed by atoms with Crippen molar-refractivity contribution in [1.82, 2.24) is 4.90 Å². The van der Waals surface area contributed by atoms with Gasteiger partial charge in [-0.2, -0.15) is 0 Å². The van der Waals surface area contributed by atoms with Gasteiger partial charge in [-0.1, -0.05) is 42.5 Å². The third kappa shape index (κ3) is 2.67. The molecule has 1 fully saturated rings. The van der Waals surface area contributed by atoms with Crippen LogP contribution in [0.4, 0.5) is 0 Å². The van der Waals surface area contributed by atoms with E-state index in [0.717, 1.165) is 25.5 Å². The smallest absolute Gasteiger partial charge is 0.118 e. The summed E-state index contributed by atoms with van der Waals surface area (Å²) in [6.45, 7) is 2.39. The zero-order valence-corrected chi connectivity index (χ0v) is 12.6. The van der Waals surface area contributed by atoms with Gasteiger partial charge < -0.3 is 9.47 Å². The molecule has 2 aromatic carbocycles. The molecular formula is C18H21NO2. The standard InChI is InChI=1S/C18H21NO2/c1-19(12-15-6-4-3-5-7-15)18(13-21-14-18)16-8-10-17(20-2)11-9-16/h3-11H,12-14H2,1-2H3. The van der Waals surface area contributed by atoms with Gasteiger partial charge in [-0.3, -0.25) is 4.90 Å². The van der Waals surface area contributed by atoms with Gasteiger partial charge in [-0.25, -0.2) is 0 Å². The van der Waals surface area contributed by atoms with Crippen molar-refractivity contribution in [3.63, 3.8) is 0 Å². The first-order valence-corrected chi connectivity index (χ1v) is 7.22. The Morgan fingerprint density at radius 3 is 2.24 bits per heavy atom. The molecule has 0 spiro atoms. The van der Waals surface area contributed by atoms with Gasteiger partial charge in [0.2, 0.25) is 0 Å². The molecule has 0 aromatic heterocycles. The zero-order chi connectivity index (χ0) is 14.7. The number of methoxy groups -OCH3 is 1. The maximum atomic E-state index is 5.54. The lowest BCUT2D eigenvalue weighted by Gasteiger charge is -2.48. The summed E-state index contributed by atoms with van der Waals surface area (Å²) in [7, 11) is 3.86. The van der Waals surface area contributed by atoms with E-state index < -0.39 is 0 Å². The second-order valence-electron chi connectivity index (χ2n) is 5.59. The van der Waals surface area contributed by atoms with Gasteiger partial charge in [-0.15, -0.1) is 0 Å². The molecule has 3 nitrogen and oxygen atoms in total. The van der Waals surface area contributed by atoms with Crippen molar-refractivity contribution in [1.29, 1.82) is 0 Å². The molecule has 0 N–H and O–H groups in total. The molecule has 2 aromatic rings. The molecule has 0 aliphatic carbocycles. The molecule has 3 rings (SSSR count). The summed E-state index contributed by atoms with van der Waals surface area (Å²) in [5, 5.41) is 0. The molecule has 0 radical (unpaired) electrons. The summed E-state index contributed by atoms with van der Waals surface area (Å²) in [4.78, 5) is 2.38. The van der Waals surface area contributed by atoms with Crippen molar-refractivity contribution in [3.05, 3.63) is 65.7 Å². The minimum atomic E-state index is -0.0257. The molecule has 3 heteroatoms. The first-order chi connectivity index (χ1) is 10.2. The highest BCUT2D eigenvalue weighted by molar-refractivity contribution is 5.33. The highest BCUT2D eigenvalue weighted by atomic mass is 16.5. The van der Waals surface area contributed by atoms with Crippen LogP contribution in [0.2, 0.25) is 0 Å². The lowest BCUT2D eigenvalue weighted by molar-refractivity contribution is -0.141. The second kappa shape index (κ2) is 5.88. The Kier molecular flexibility index (Phi) is 3.95. The summed E-state index contributed by atoms with van der Waals surface area (Å²) in [5.74, 6) is 0.889. The molecule has 1 heterocycles. The Labute approximate surface area is 126 Å². The fourth-order valence-electron chi connectivity index (χ4n) is 2.81. The third-order valence-electron chi connectivity index (χ3n) is 4.30. The van der Waals surface area contributed by atoms with Gasteiger partial charge in [0.1, 0.15) is 5.75 Å². The number of likely N-dealkylation sites (N-methyl/N-ethyl adjacent to an activating group) is 1. The van der Waals surface area contributed by atoms with E-state index in [4.69, 9.17) is 9.47 Å². The van der Waals surface area contributed by atoms with Crippen LogP contribution in [0.1, 0.15) is 11.1 Å². The van der Waals surface area contributed by atoms with Crippen molar-refractivity contribution >= 4 is 0 Å². The Balaban J connectivity index is 1.81. The maximum Gasteiger partial charge on any atom is 0.118 e. The van der Waals surface area contributed by atoms with E-state index in [1.54, 1.807) is 7.11 Å². The highest BCUT2D eigenvalue weighted by Crippen LogP contribution is 2.36. The van der Waals surface area contributed by atoms with Gasteiger partial charge in [0.15, 0.2) is 0 Å². The second-order valence-corrected chi connectivity index (χ2v) is 5.59. The Morgan fingerprint density at radius 1 is 1.05 bits per heavy atom. The summed E-state index contributed by atoms with van der Waals surface area (Å²) < 4.78 is 10.8. The van der Waals surface area contributed by atoms with E-state index >= 15 is 0 Å². The topological polar surface area (TPSA) is 21.7 Å². The molecule has 1 aliphatic heterocycles. The Morgan fingerprint density at radius 2 is 1.71 bits per heavy atom. The lowest BCUT2D eigenvalue weighted by atomic mass is 9.86. The number of nitrogens with zero attached hydrogens (tertiary/aromatic N) is 1. The number of benzene rings is 2. The van der Waals surface area contributed by atoms with E-state index in [1.165, 1.54) is 11.1 Å². The van der Waals surface area contributed by atoms with Crippen molar-refractivity contribution in [2.45, 2.75) is 12.1 Å². The van der Waals surface area contributed by atoms with Gasteiger partial charge in [0.25, 0.3) is 0 Å². The van der Waals surface area contributed by atoms with Crippen LogP contribution in [0.15, 0.2) is 54.6 Å². The van der Waals surface area contributed by atoms with Crippen molar-refractivity contribution < 1.29 is 9.47 Å². The molecule has 1 aliphatic rings. The van der Waals surface area contributed by atoms with Crippen LogP contribution in [-0.4, -0.2) is 32.3 Å². The third-order valence-corrected chi connectivity index (χ3v) is 4.30. The van der Waals surface area contributed by atoms with Crippen molar-refractivity contribution in [2.75, 3.05) is 27.4 Å². The van der Waals surface area contributed by atoms with E-state index in [9.17, 15) is 0 Å². The van der Waals surface area contributed by atoms with E-state index in [2.05, 4.69) is 54.4 Å². The molecule has 0 unspecified atom stereocenters. The average molecular weight is 283 g/mol. The summed E-state index contributed by atoms with van der Waals surface area (Å²) >= 11 is 0. The van der Waals surface area contributed by atoms with E-state index in [0.29, 0.717) is 0 Å². The zero-order valence-electron chi connectivity index (χ0n) is 12.6. The summed E-state index contributed by atoms with van der Waals surface area (Å²) in [6.07, 6.45) is 0. The monoisotopic (exact) mass is 283 g/mol. The predicted molar refractivity (Wildman–Crippen MR) is 83.4 cm³/mol. The quantitative estimate of drug-likeness (QED) is 0.842. The molecule has 21 heavy (non-hydrogen) atoms. The largest absolute Gasteiger partial charge is 0.497 e. The molecule has 0 amide bonds. The minimum absolute atomic E-state index is 0.0257. The Hall–Kier alpha value is -1.84. The fourth-order valence-corrected chi connectivity index (χ4v) is 2.81. The number of rotatable bonds is 5. The van der Waals surface area contributed by atoms with Crippen LogP contribution in [0, 0.1) is 0 Å². The van der Waals surface area contributed by atoms with Crippen molar-refractivity contribution in [2.24, 2.45) is 0 Å². The highest BCUT2D eigenvalue weighted by Gasteiger charge is 2.43. The van der Waals surface area contributed by atoms with E-state index in [1.807, 2.05) is 12.1 Å². The van der Waals surface area contributed by atoms with Crippen LogP contribution >= 0.6 is 0 Å². The van der Waals surface area contributed by atoms with Crippen LogP contribution in [-0.2, 0) is 16.8 Å². The number of hydrogen-bond donors (Lipinski definition) is 0. The molecule has 110 valence electrons. The van der Waals surface area contributed by atoms with Gasteiger partial charge in [0, 0.05) is 6.54 Å². The molecule has 0 bridgehead atoms. The van der Waals surface area contributed by atoms with Crippen LogP contribution in [0.5, 0.6) is 5.75 Å². The van der Waals surface area contributed by atoms with Gasteiger partial charge in [-0.05, 0) is 30.3 Å².